The molecule has 0 N–H and O–H groups in total. The average molecular weight is 258 g/mol. The van der Waals surface area contributed by atoms with Crippen LogP contribution in [0.5, 0.6) is 0 Å². The van der Waals surface area contributed by atoms with E-state index in [0.717, 1.165) is 25.7 Å². The molecule has 0 amide bonds. The molecule has 98 valence electrons. The predicted molar refractivity (Wildman–Crippen MR) is 71.7 cm³/mol. The SMILES string of the molecule is O=C(C=C1CCCCC1)c1cc2cccc(F)c2o1. The molecule has 0 aliphatic heterocycles. The van der Waals surface area contributed by atoms with Gasteiger partial charge < -0.3 is 4.42 Å². The van der Waals surface area contributed by atoms with E-state index in [0.29, 0.717) is 5.39 Å². The summed E-state index contributed by atoms with van der Waals surface area (Å²) in [6.07, 6.45) is 7.17. The molecule has 19 heavy (non-hydrogen) atoms. The molecule has 0 radical (unpaired) electrons. The number of rotatable bonds is 2. The number of para-hydroxylation sites is 1. The highest BCUT2D eigenvalue weighted by atomic mass is 19.1. The molecule has 1 aliphatic rings. The van der Waals surface area contributed by atoms with Gasteiger partial charge in [-0.2, -0.15) is 0 Å². The molecule has 3 heteroatoms. The van der Waals surface area contributed by atoms with Crippen LogP contribution in [0.4, 0.5) is 4.39 Å². The van der Waals surface area contributed by atoms with Gasteiger partial charge in [0, 0.05) is 5.39 Å². The zero-order valence-corrected chi connectivity index (χ0v) is 10.6. The Morgan fingerprint density at radius 2 is 2.00 bits per heavy atom. The minimum absolute atomic E-state index is 0.160. The van der Waals surface area contributed by atoms with E-state index in [4.69, 9.17) is 4.42 Å². The lowest BCUT2D eigenvalue weighted by molar-refractivity contribution is 0.102. The van der Waals surface area contributed by atoms with Crippen molar-refractivity contribution >= 4 is 16.8 Å². The number of furan rings is 1. The molecule has 0 atom stereocenters. The largest absolute Gasteiger partial charge is 0.450 e. The van der Waals surface area contributed by atoms with E-state index in [1.54, 1.807) is 24.3 Å². The first-order valence-corrected chi connectivity index (χ1v) is 6.66. The van der Waals surface area contributed by atoms with Gasteiger partial charge in [-0.3, -0.25) is 4.79 Å². The number of halogens is 1. The van der Waals surface area contributed by atoms with Crippen molar-refractivity contribution in [1.29, 1.82) is 0 Å². The molecular weight excluding hydrogens is 243 g/mol. The van der Waals surface area contributed by atoms with E-state index in [1.165, 1.54) is 18.1 Å². The van der Waals surface area contributed by atoms with E-state index in [2.05, 4.69) is 0 Å². The first kappa shape index (κ1) is 12.2. The third-order valence-electron chi connectivity index (χ3n) is 3.57. The van der Waals surface area contributed by atoms with Gasteiger partial charge in [0.25, 0.3) is 0 Å². The predicted octanol–water partition coefficient (Wildman–Crippen LogP) is 4.65. The Balaban J connectivity index is 1.91. The summed E-state index contributed by atoms with van der Waals surface area (Å²) in [5.74, 6) is -0.368. The van der Waals surface area contributed by atoms with E-state index < -0.39 is 5.82 Å². The fourth-order valence-electron chi connectivity index (χ4n) is 2.56. The second-order valence-electron chi connectivity index (χ2n) is 5.00. The van der Waals surface area contributed by atoms with Crippen LogP contribution in [0.1, 0.15) is 42.7 Å². The van der Waals surface area contributed by atoms with Crippen molar-refractivity contribution in [3.63, 3.8) is 0 Å². The third-order valence-corrected chi connectivity index (χ3v) is 3.57. The molecule has 2 nitrogen and oxygen atoms in total. The summed E-state index contributed by atoms with van der Waals surface area (Å²) in [6.45, 7) is 0. The van der Waals surface area contributed by atoms with Crippen LogP contribution in [0.3, 0.4) is 0 Å². The number of carbonyl (C=O) groups is 1. The fourth-order valence-corrected chi connectivity index (χ4v) is 2.56. The molecule has 0 unspecified atom stereocenters. The zero-order valence-electron chi connectivity index (χ0n) is 10.6. The van der Waals surface area contributed by atoms with Gasteiger partial charge in [0.15, 0.2) is 17.2 Å². The Bertz CT molecular complexity index is 644. The highest BCUT2D eigenvalue weighted by molar-refractivity contribution is 6.05. The molecular formula is C16H15FO2. The van der Waals surface area contributed by atoms with E-state index in [-0.39, 0.29) is 17.1 Å². The lowest BCUT2D eigenvalue weighted by Crippen LogP contribution is -1.99. The van der Waals surface area contributed by atoms with Crippen molar-refractivity contribution in [2.75, 3.05) is 0 Å². The van der Waals surface area contributed by atoms with Gasteiger partial charge >= 0.3 is 0 Å². The second kappa shape index (κ2) is 5.00. The molecule has 1 aromatic heterocycles. The summed E-state index contributed by atoms with van der Waals surface area (Å²) in [6, 6.07) is 6.30. The van der Waals surface area contributed by atoms with E-state index in [9.17, 15) is 9.18 Å². The van der Waals surface area contributed by atoms with Crippen LogP contribution in [0, 0.1) is 5.82 Å². The number of carbonyl (C=O) groups excluding carboxylic acids is 1. The van der Waals surface area contributed by atoms with E-state index in [1.807, 2.05) is 0 Å². The molecule has 1 aromatic carbocycles. The van der Waals surface area contributed by atoms with Gasteiger partial charge in [-0.15, -0.1) is 0 Å². The third kappa shape index (κ3) is 2.46. The maximum absolute atomic E-state index is 13.5. The van der Waals surface area contributed by atoms with Gasteiger partial charge in [0.05, 0.1) is 0 Å². The first-order valence-electron chi connectivity index (χ1n) is 6.66. The van der Waals surface area contributed by atoms with Gasteiger partial charge in [0.1, 0.15) is 0 Å². The van der Waals surface area contributed by atoms with Gasteiger partial charge in [-0.1, -0.05) is 24.1 Å². The normalized spacial score (nSPS) is 15.7. The monoisotopic (exact) mass is 258 g/mol. The zero-order chi connectivity index (χ0) is 13.2. The van der Waals surface area contributed by atoms with Crippen molar-refractivity contribution in [3.05, 3.63) is 47.5 Å². The molecule has 1 heterocycles. The van der Waals surface area contributed by atoms with Crippen LogP contribution in [-0.4, -0.2) is 5.78 Å². The summed E-state index contributed by atoms with van der Waals surface area (Å²) in [5.41, 5.74) is 1.34. The minimum atomic E-state index is -0.429. The second-order valence-corrected chi connectivity index (χ2v) is 5.00. The molecule has 1 fully saturated rings. The summed E-state index contributed by atoms with van der Waals surface area (Å²) in [4.78, 5) is 12.1. The summed E-state index contributed by atoms with van der Waals surface area (Å²) in [5, 5.41) is 0.630. The number of ketones is 1. The van der Waals surface area contributed by atoms with Gasteiger partial charge in [0.2, 0.25) is 5.78 Å². The number of hydrogen-bond acceptors (Lipinski definition) is 2. The summed E-state index contributed by atoms with van der Waals surface area (Å²) >= 11 is 0. The van der Waals surface area contributed by atoms with Crippen LogP contribution >= 0.6 is 0 Å². The molecule has 1 aliphatic carbocycles. The maximum Gasteiger partial charge on any atom is 0.220 e. The molecule has 1 saturated carbocycles. The summed E-state index contributed by atoms with van der Waals surface area (Å²) < 4.78 is 18.8. The molecule has 0 spiro atoms. The average Bonchev–Trinajstić information content (AvgIpc) is 2.85. The van der Waals surface area contributed by atoms with Crippen molar-refractivity contribution in [2.24, 2.45) is 0 Å². The number of benzene rings is 1. The van der Waals surface area contributed by atoms with Crippen LogP contribution < -0.4 is 0 Å². The number of hydrogen-bond donors (Lipinski definition) is 0. The minimum Gasteiger partial charge on any atom is -0.450 e. The fraction of sp³-hybridized carbons (Fsp3) is 0.312. The first-order chi connectivity index (χ1) is 9.24. The Morgan fingerprint density at radius 3 is 2.74 bits per heavy atom. The van der Waals surface area contributed by atoms with Crippen molar-refractivity contribution < 1.29 is 13.6 Å². The topological polar surface area (TPSA) is 30.2 Å². The van der Waals surface area contributed by atoms with Crippen LogP contribution in [0.25, 0.3) is 11.0 Å². The number of fused-ring (bicyclic) bond motifs is 1. The van der Waals surface area contributed by atoms with Crippen molar-refractivity contribution in [3.8, 4) is 0 Å². The van der Waals surface area contributed by atoms with Gasteiger partial charge in [-0.05, 0) is 43.9 Å². The van der Waals surface area contributed by atoms with E-state index >= 15 is 0 Å². The number of allylic oxidation sites excluding steroid dienone is 2. The quantitative estimate of drug-likeness (QED) is 0.580. The van der Waals surface area contributed by atoms with Crippen molar-refractivity contribution in [1.82, 2.24) is 0 Å². The Kier molecular flexibility index (Phi) is 3.20. The van der Waals surface area contributed by atoms with Crippen LogP contribution in [0.15, 0.2) is 40.3 Å². The smallest absolute Gasteiger partial charge is 0.220 e. The Labute approximate surface area is 110 Å². The van der Waals surface area contributed by atoms with Crippen LogP contribution in [-0.2, 0) is 0 Å². The lowest BCUT2D eigenvalue weighted by Gasteiger charge is -2.12. The Hall–Kier alpha value is -1.90. The molecule has 0 saturated heterocycles. The molecule has 0 bridgehead atoms. The highest BCUT2D eigenvalue weighted by Gasteiger charge is 2.14. The highest BCUT2D eigenvalue weighted by Crippen LogP contribution is 2.25. The lowest BCUT2D eigenvalue weighted by atomic mass is 9.94. The van der Waals surface area contributed by atoms with Gasteiger partial charge in [-0.25, -0.2) is 4.39 Å². The standard InChI is InChI=1S/C16H15FO2/c17-13-8-4-7-12-10-15(19-16(12)13)14(18)9-11-5-2-1-3-6-11/h4,7-10H,1-3,5-6H2. The Morgan fingerprint density at radius 1 is 1.21 bits per heavy atom. The maximum atomic E-state index is 13.5. The summed E-state index contributed by atoms with van der Waals surface area (Å²) in [7, 11) is 0. The van der Waals surface area contributed by atoms with Crippen molar-refractivity contribution in [2.45, 2.75) is 32.1 Å². The molecule has 3 rings (SSSR count). The van der Waals surface area contributed by atoms with Crippen LogP contribution in [0.2, 0.25) is 0 Å². The molecule has 2 aromatic rings.